The van der Waals surface area contributed by atoms with Crippen LogP contribution in [0.2, 0.25) is 0 Å². The second-order valence-corrected chi connectivity index (χ2v) is 9.59. The first-order valence-electron chi connectivity index (χ1n) is 13.7. The Morgan fingerprint density at radius 3 is 1.84 bits per heavy atom. The van der Waals surface area contributed by atoms with Gasteiger partial charge in [-0.05, 0) is 60.8 Å². The normalized spacial score (nSPS) is 12.1. The molecule has 0 atom stereocenters. The van der Waals surface area contributed by atoms with Crippen molar-refractivity contribution in [3.63, 3.8) is 0 Å². The van der Waals surface area contributed by atoms with Crippen LogP contribution in [0.15, 0.2) is 124 Å². The Bertz CT molecular complexity index is 1920. The van der Waals surface area contributed by atoms with Crippen LogP contribution in [-0.4, -0.2) is 58.0 Å². The maximum atomic E-state index is 4.94. The summed E-state index contributed by atoms with van der Waals surface area (Å²) in [4.78, 5) is 39.1. The SMILES string of the molecule is C=NC=N/C=C(\C)c1cccc(-c2nc(-c3cccc(/C(C=NC)=C/N=C)c3)nc(-c3cccc(-c4cncnc4)c3)n2)c1. The molecule has 3 aromatic carbocycles. The summed E-state index contributed by atoms with van der Waals surface area (Å²) >= 11 is 0. The molecule has 44 heavy (non-hydrogen) atoms. The zero-order valence-electron chi connectivity index (χ0n) is 24.4. The van der Waals surface area contributed by atoms with E-state index in [0.717, 1.165) is 50.1 Å². The van der Waals surface area contributed by atoms with Gasteiger partial charge in [0.25, 0.3) is 0 Å². The first-order valence-corrected chi connectivity index (χ1v) is 13.7. The molecule has 0 saturated carbocycles. The van der Waals surface area contributed by atoms with E-state index in [9.17, 15) is 0 Å². The number of allylic oxidation sites excluding steroid dienone is 2. The fourth-order valence-electron chi connectivity index (χ4n) is 4.48. The van der Waals surface area contributed by atoms with E-state index in [4.69, 9.17) is 15.0 Å². The van der Waals surface area contributed by atoms with Crippen LogP contribution in [0, 0.1) is 0 Å². The van der Waals surface area contributed by atoms with Crippen molar-refractivity contribution in [1.82, 2.24) is 24.9 Å². The summed E-state index contributed by atoms with van der Waals surface area (Å²) in [7, 11) is 1.72. The van der Waals surface area contributed by atoms with Gasteiger partial charge in [0.05, 0.1) is 0 Å². The molecule has 0 aliphatic rings. The zero-order chi connectivity index (χ0) is 30.7. The predicted molar refractivity (Wildman–Crippen MR) is 181 cm³/mol. The van der Waals surface area contributed by atoms with E-state index in [1.54, 1.807) is 38.1 Å². The molecular weight excluding hydrogens is 546 g/mol. The molecule has 0 bridgehead atoms. The van der Waals surface area contributed by atoms with Gasteiger partial charge >= 0.3 is 0 Å². The maximum absolute atomic E-state index is 4.94. The molecule has 0 radical (unpaired) electrons. The number of aliphatic imine (C=N–C) groups is 4. The van der Waals surface area contributed by atoms with Crippen molar-refractivity contribution in [2.45, 2.75) is 6.92 Å². The predicted octanol–water partition coefficient (Wildman–Crippen LogP) is 7.16. The number of hydrogen-bond donors (Lipinski definition) is 0. The largest absolute Gasteiger partial charge is 0.296 e. The van der Waals surface area contributed by atoms with E-state index in [2.05, 4.69) is 43.4 Å². The quantitative estimate of drug-likeness (QED) is 0.129. The number of benzene rings is 3. The van der Waals surface area contributed by atoms with E-state index in [0.29, 0.717) is 17.5 Å². The minimum atomic E-state index is 0.527. The van der Waals surface area contributed by atoms with Gasteiger partial charge < -0.3 is 0 Å². The molecule has 5 aromatic rings. The highest BCUT2D eigenvalue weighted by molar-refractivity contribution is 6.10. The Labute approximate surface area is 256 Å². The highest BCUT2D eigenvalue weighted by Gasteiger charge is 2.14. The molecule has 9 heteroatoms. The molecule has 0 N–H and O–H groups in total. The molecule has 0 aliphatic carbocycles. The Hall–Kier alpha value is -6.09. The van der Waals surface area contributed by atoms with Crippen LogP contribution in [0.5, 0.6) is 0 Å². The molecule has 214 valence electrons. The van der Waals surface area contributed by atoms with Crippen LogP contribution in [-0.2, 0) is 0 Å². The lowest BCUT2D eigenvalue weighted by atomic mass is 10.0. The van der Waals surface area contributed by atoms with Crippen molar-refractivity contribution in [2.75, 3.05) is 7.05 Å². The fourth-order valence-corrected chi connectivity index (χ4v) is 4.48. The van der Waals surface area contributed by atoms with Gasteiger partial charge in [-0.3, -0.25) is 15.0 Å². The lowest BCUT2D eigenvalue weighted by Crippen LogP contribution is -2.01. The second kappa shape index (κ2) is 14.2. The molecule has 0 unspecified atom stereocenters. The monoisotopic (exact) mass is 575 g/mol. The minimum Gasteiger partial charge on any atom is -0.296 e. The standard InChI is InChI=1S/C35H29N9/c1-24(17-39-22-38-4)25-8-5-11-28(14-25)33-42-34(29-12-6-9-26(15-29)31(18-36-2)19-37-3)44-35(43-33)30-13-7-10-27(16-30)32-20-40-23-41-21-32/h5-23H,2,4H2,1,3H3/b24-17+,31-18+,37-19?,39-22?. The van der Waals surface area contributed by atoms with Gasteiger partial charge in [0.15, 0.2) is 17.5 Å². The van der Waals surface area contributed by atoms with Gasteiger partial charge in [0, 0.05) is 65.9 Å². The van der Waals surface area contributed by atoms with Gasteiger partial charge in [-0.25, -0.2) is 29.9 Å². The molecule has 2 heterocycles. The molecular formula is C35H29N9. The first-order chi connectivity index (χ1) is 21.6. The molecule has 0 aliphatic heterocycles. The summed E-state index contributed by atoms with van der Waals surface area (Å²) in [6.45, 7) is 9.02. The molecule has 0 amide bonds. The first kappa shape index (κ1) is 29.4. The topological polar surface area (TPSA) is 114 Å². The maximum Gasteiger partial charge on any atom is 0.164 e. The summed E-state index contributed by atoms with van der Waals surface area (Å²) in [6, 6.07) is 23.9. The summed E-state index contributed by atoms with van der Waals surface area (Å²) < 4.78 is 0. The second-order valence-electron chi connectivity index (χ2n) is 9.59. The van der Waals surface area contributed by atoms with E-state index in [1.165, 1.54) is 12.7 Å². The summed E-state index contributed by atoms with van der Waals surface area (Å²) in [6.07, 6.45) is 11.6. The third kappa shape index (κ3) is 7.03. The molecule has 0 saturated heterocycles. The lowest BCUT2D eigenvalue weighted by molar-refractivity contribution is 1.07. The van der Waals surface area contributed by atoms with Crippen LogP contribution in [0.4, 0.5) is 0 Å². The van der Waals surface area contributed by atoms with E-state index in [-0.39, 0.29) is 0 Å². The van der Waals surface area contributed by atoms with Crippen LogP contribution >= 0.6 is 0 Å². The lowest BCUT2D eigenvalue weighted by Gasteiger charge is -2.11. The van der Waals surface area contributed by atoms with Gasteiger partial charge in [0.1, 0.15) is 12.7 Å². The number of hydrogen-bond acceptors (Lipinski definition) is 8. The molecule has 5 rings (SSSR count). The Balaban J connectivity index is 1.67. The van der Waals surface area contributed by atoms with Crippen molar-refractivity contribution in [2.24, 2.45) is 20.0 Å². The Morgan fingerprint density at radius 2 is 1.23 bits per heavy atom. The minimum absolute atomic E-state index is 0.527. The highest BCUT2D eigenvalue weighted by atomic mass is 15.0. The summed E-state index contributed by atoms with van der Waals surface area (Å²) in [5.41, 5.74) is 8.01. The van der Waals surface area contributed by atoms with Gasteiger partial charge in [-0.15, -0.1) is 0 Å². The fraction of sp³-hybridized carbons (Fsp3) is 0.0571. The van der Waals surface area contributed by atoms with Crippen molar-refractivity contribution in [1.29, 1.82) is 0 Å². The van der Waals surface area contributed by atoms with E-state index >= 15 is 0 Å². The van der Waals surface area contributed by atoms with Crippen molar-refractivity contribution in [3.8, 4) is 45.3 Å². The van der Waals surface area contributed by atoms with Crippen LogP contribution in [0.3, 0.4) is 0 Å². The summed E-state index contributed by atoms with van der Waals surface area (Å²) in [5.74, 6) is 1.60. The zero-order valence-corrected chi connectivity index (χ0v) is 24.4. The Morgan fingerprint density at radius 1 is 0.659 bits per heavy atom. The average molecular weight is 576 g/mol. The van der Waals surface area contributed by atoms with E-state index < -0.39 is 0 Å². The summed E-state index contributed by atoms with van der Waals surface area (Å²) in [5, 5.41) is 0. The van der Waals surface area contributed by atoms with E-state index in [1.807, 2.05) is 79.7 Å². The van der Waals surface area contributed by atoms with Gasteiger partial charge in [-0.2, -0.15) is 0 Å². The van der Waals surface area contributed by atoms with Crippen molar-refractivity contribution >= 4 is 37.1 Å². The van der Waals surface area contributed by atoms with Crippen LogP contribution in [0.25, 0.3) is 56.4 Å². The molecule has 2 aromatic heterocycles. The van der Waals surface area contributed by atoms with Crippen LogP contribution < -0.4 is 0 Å². The van der Waals surface area contributed by atoms with Gasteiger partial charge in [-0.1, -0.05) is 54.6 Å². The smallest absolute Gasteiger partial charge is 0.164 e. The molecule has 0 spiro atoms. The Kier molecular flexibility index (Phi) is 9.48. The number of nitrogens with zero attached hydrogens (tertiary/aromatic N) is 9. The van der Waals surface area contributed by atoms with Gasteiger partial charge in [0.2, 0.25) is 0 Å². The third-order valence-electron chi connectivity index (χ3n) is 6.60. The van der Waals surface area contributed by atoms with Crippen LogP contribution in [0.1, 0.15) is 18.1 Å². The molecule has 9 nitrogen and oxygen atoms in total. The van der Waals surface area contributed by atoms with Crippen molar-refractivity contribution in [3.05, 3.63) is 115 Å². The van der Waals surface area contributed by atoms with Crippen molar-refractivity contribution < 1.29 is 0 Å². The average Bonchev–Trinajstić information content (AvgIpc) is 3.08. The highest BCUT2D eigenvalue weighted by Crippen LogP contribution is 2.29. The number of aromatic nitrogens is 5. The molecule has 0 fully saturated rings. The third-order valence-corrected chi connectivity index (χ3v) is 6.60. The number of rotatable bonds is 10.